The van der Waals surface area contributed by atoms with E-state index < -0.39 is 22.3 Å². The predicted octanol–water partition coefficient (Wildman–Crippen LogP) is 3.29. The van der Waals surface area contributed by atoms with Crippen LogP contribution >= 0.6 is 11.8 Å². The number of nitrogens with zero attached hydrogens (tertiary/aromatic N) is 2. The van der Waals surface area contributed by atoms with Crippen molar-refractivity contribution in [3.63, 3.8) is 0 Å². The summed E-state index contributed by atoms with van der Waals surface area (Å²) in [5, 5.41) is 20.0. The molecule has 0 atom stereocenters. The monoisotopic (exact) mass is 308 g/mol. The first-order valence-corrected chi connectivity index (χ1v) is 6.53. The van der Waals surface area contributed by atoms with Gasteiger partial charge in [-0.05, 0) is 31.2 Å². The summed E-state index contributed by atoms with van der Waals surface area (Å²) < 4.78 is 13.3. The number of hydrogen-bond acceptors (Lipinski definition) is 5. The fourth-order valence-corrected chi connectivity index (χ4v) is 2.51. The Labute approximate surface area is 122 Å². The van der Waals surface area contributed by atoms with Gasteiger partial charge in [0.1, 0.15) is 16.5 Å². The molecule has 0 fully saturated rings. The van der Waals surface area contributed by atoms with Gasteiger partial charge in [0.05, 0.1) is 10.5 Å². The Bertz CT molecular complexity index is 736. The van der Waals surface area contributed by atoms with Crippen LogP contribution in [0.3, 0.4) is 0 Å². The van der Waals surface area contributed by atoms with Gasteiger partial charge >= 0.3 is 5.97 Å². The maximum absolute atomic E-state index is 13.3. The van der Waals surface area contributed by atoms with Crippen molar-refractivity contribution in [3.05, 3.63) is 57.5 Å². The SMILES string of the molecule is Cc1nc(Sc2ccc(F)c(C(=O)O)c2)ccc1[N+](=O)[O-]. The highest BCUT2D eigenvalue weighted by molar-refractivity contribution is 7.99. The third kappa shape index (κ3) is 3.34. The van der Waals surface area contributed by atoms with Crippen molar-refractivity contribution in [2.75, 3.05) is 0 Å². The van der Waals surface area contributed by atoms with Gasteiger partial charge < -0.3 is 5.11 Å². The van der Waals surface area contributed by atoms with Gasteiger partial charge in [0.2, 0.25) is 0 Å². The maximum atomic E-state index is 13.3. The quantitative estimate of drug-likeness (QED) is 0.688. The molecule has 1 N–H and O–H groups in total. The molecule has 8 heteroatoms. The predicted molar refractivity (Wildman–Crippen MR) is 73.1 cm³/mol. The number of aromatic carboxylic acids is 1. The van der Waals surface area contributed by atoms with Crippen LogP contribution in [0.1, 0.15) is 16.1 Å². The van der Waals surface area contributed by atoms with Gasteiger partial charge in [0.15, 0.2) is 0 Å². The zero-order chi connectivity index (χ0) is 15.6. The number of nitro groups is 1. The average molecular weight is 308 g/mol. The lowest BCUT2D eigenvalue weighted by Crippen LogP contribution is -2.00. The first kappa shape index (κ1) is 14.9. The third-order valence-corrected chi connectivity index (χ3v) is 3.55. The number of rotatable bonds is 4. The average Bonchev–Trinajstić information content (AvgIpc) is 2.40. The van der Waals surface area contributed by atoms with Gasteiger partial charge in [-0.25, -0.2) is 14.2 Å². The van der Waals surface area contributed by atoms with Crippen LogP contribution in [0.15, 0.2) is 40.3 Å². The molecule has 0 bridgehead atoms. The van der Waals surface area contributed by atoms with Crippen molar-refractivity contribution in [2.45, 2.75) is 16.8 Å². The van der Waals surface area contributed by atoms with Crippen molar-refractivity contribution in [3.8, 4) is 0 Å². The number of hydrogen-bond donors (Lipinski definition) is 1. The second-order valence-corrected chi connectivity index (χ2v) is 5.15. The van der Waals surface area contributed by atoms with Crippen LogP contribution in [0.25, 0.3) is 0 Å². The lowest BCUT2D eigenvalue weighted by Gasteiger charge is -2.04. The van der Waals surface area contributed by atoms with Gasteiger partial charge in [0, 0.05) is 11.0 Å². The highest BCUT2D eigenvalue weighted by Crippen LogP contribution is 2.29. The second-order valence-electron chi connectivity index (χ2n) is 4.06. The molecule has 0 spiro atoms. The van der Waals surface area contributed by atoms with E-state index in [-0.39, 0.29) is 11.4 Å². The van der Waals surface area contributed by atoms with Crippen LogP contribution < -0.4 is 0 Å². The number of benzene rings is 1. The summed E-state index contributed by atoms with van der Waals surface area (Å²) >= 11 is 1.10. The third-order valence-electron chi connectivity index (χ3n) is 2.62. The minimum atomic E-state index is -1.36. The molecule has 0 amide bonds. The van der Waals surface area contributed by atoms with Crippen molar-refractivity contribution in [1.29, 1.82) is 0 Å². The normalized spacial score (nSPS) is 10.4. The molecule has 1 aromatic carbocycles. The summed E-state index contributed by atoms with van der Waals surface area (Å²) in [4.78, 5) is 25.6. The van der Waals surface area contributed by atoms with Crippen molar-refractivity contribution in [1.82, 2.24) is 4.98 Å². The zero-order valence-corrected chi connectivity index (χ0v) is 11.6. The lowest BCUT2D eigenvalue weighted by atomic mass is 10.2. The van der Waals surface area contributed by atoms with E-state index in [1.54, 1.807) is 0 Å². The standard InChI is InChI=1S/C13H9FN2O4S/c1-7-11(16(19)20)4-5-12(15-7)21-8-2-3-10(14)9(6-8)13(17)18/h2-6H,1H3,(H,17,18). The fraction of sp³-hybridized carbons (Fsp3) is 0.0769. The Morgan fingerprint density at radius 2 is 2.10 bits per heavy atom. The molecule has 1 heterocycles. The zero-order valence-electron chi connectivity index (χ0n) is 10.7. The number of pyridine rings is 1. The van der Waals surface area contributed by atoms with Crippen LogP contribution in [0.4, 0.5) is 10.1 Å². The van der Waals surface area contributed by atoms with Crippen LogP contribution in [0.2, 0.25) is 0 Å². The van der Waals surface area contributed by atoms with Gasteiger partial charge in [-0.3, -0.25) is 10.1 Å². The molecule has 108 valence electrons. The largest absolute Gasteiger partial charge is 0.478 e. The number of halogens is 1. The smallest absolute Gasteiger partial charge is 0.338 e. The Kier molecular flexibility index (Phi) is 4.18. The molecule has 0 aliphatic rings. The van der Waals surface area contributed by atoms with Crippen molar-refractivity contribution in [2.24, 2.45) is 0 Å². The maximum Gasteiger partial charge on any atom is 0.338 e. The summed E-state index contributed by atoms with van der Waals surface area (Å²) in [5.41, 5.74) is -0.270. The highest BCUT2D eigenvalue weighted by atomic mass is 32.2. The second kappa shape index (κ2) is 5.88. The van der Waals surface area contributed by atoms with Crippen LogP contribution in [-0.2, 0) is 0 Å². The number of carboxylic acids is 1. The summed E-state index contributed by atoms with van der Waals surface area (Å²) in [6.07, 6.45) is 0. The van der Waals surface area contributed by atoms with Crippen LogP contribution in [-0.4, -0.2) is 21.0 Å². The molecule has 2 rings (SSSR count). The van der Waals surface area contributed by atoms with E-state index in [9.17, 15) is 19.3 Å². The molecule has 2 aromatic rings. The number of aromatic nitrogens is 1. The van der Waals surface area contributed by atoms with E-state index in [0.717, 1.165) is 17.8 Å². The molecule has 0 saturated carbocycles. The summed E-state index contributed by atoms with van der Waals surface area (Å²) in [5.74, 6) is -2.18. The highest BCUT2D eigenvalue weighted by Gasteiger charge is 2.14. The van der Waals surface area contributed by atoms with Gasteiger partial charge in [0.25, 0.3) is 5.69 Å². The molecule has 0 unspecified atom stereocenters. The van der Waals surface area contributed by atoms with E-state index >= 15 is 0 Å². The lowest BCUT2D eigenvalue weighted by molar-refractivity contribution is -0.385. The number of carboxylic acid groups (broad SMARTS) is 1. The van der Waals surface area contributed by atoms with E-state index in [1.165, 1.54) is 31.2 Å². The van der Waals surface area contributed by atoms with Gasteiger partial charge in [-0.2, -0.15) is 0 Å². The van der Waals surface area contributed by atoms with Crippen molar-refractivity contribution < 1.29 is 19.2 Å². The fourth-order valence-electron chi connectivity index (χ4n) is 1.63. The Hall–Kier alpha value is -2.48. The Morgan fingerprint density at radius 1 is 1.38 bits per heavy atom. The minimum absolute atomic E-state index is 0.0929. The molecule has 0 aliphatic heterocycles. The Balaban J connectivity index is 2.30. The molecular formula is C13H9FN2O4S. The first-order chi connectivity index (χ1) is 9.88. The molecule has 6 nitrogen and oxygen atoms in total. The summed E-state index contributed by atoms with van der Waals surface area (Å²) in [6, 6.07) is 6.46. The van der Waals surface area contributed by atoms with Crippen molar-refractivity contribution >= 4 is 23.4 Å². The van der Waals surface area contributed by atoms with Gasteiger partial charge in [-0.15, -0.1) is 0 Å². The van der Waals surface area contributed by atoms with E-state index in [2.05, 4.69) is 4.98 Å². The molecule has 1 aromatic heterocycles. The number of carbonyl (C=O) groups is 1. The van der Waals surface area contributed by atoms with Gasteiger partial charge in [-0.1, -0.05) is 11.8 Å². The number of aryl methyl sites for hydroxylation is 1. The molecule has 21 heavy (non-hydrogen) atoms. The summed E-state index contributed by atoms with van der Waals surface area (Å²) in [6.45, 7) is 1.51. The van der Waals surface area contributed by atoms with E-state index in [0.29, 0.717) is 9.92 Å². The van der Waals surface area contributed by atoms with Crippen LogP contribution in [0, 0.1) is 22.9 Å². The molecule has 0 radical (unpaired) electrons. The molecule has 0 saturated heterocycles. The Morgan fingerprint density at radius 3 is 2.67 bits per heavy atom. The first-order valence-electron chi connectivity index (χ1n) is 5.71. The molecular weight excluding hydrogens is 299 g/mol. The topological polar surface area (TPSA) is 93.3 Å². The van der Waals surface area contributed by atoms with E-state index in [1.807, 2.05) is 0 Å². The van der Waals surface area contributed by atoms with E-state index in [4.69, 9.17) is 5.11 Å². The molecule has 0 aliphatic carbocycles. The minimum Gasteiger partial charge on any atom is -0.478 e. The summed E-state index contributed by atoms with van der Waals surface area (Å²) in [7, 11) is 0. The van der Waals surface area contributed by atoms with Crippen LogP contribution in [0.5, 0.6) is 0 Å².